The fourth-order valence-electron chi connectivity index (χ4n) is 2.50. The number of nitrogens with one attached hydrogen (secondary N) is 1. The molecule has 6 nitrogen and oxygen atoms in total. The molecule has 0 aliphatic heterocycles. The number of thioether (sulfide) groups is 1. The van der Waals surface area contributed by atoms with Gasteiger partial charge in [-0.2, -0.15) is 0 Å². The van der Waals surface area contributed by atoms with Crippen LogP contribution >= 0.6 is 11.8 Å². The van der Waals surface area contributed by atoms with Gasteiger partial charge < -0.3 is 10.1 Å². The molecule has 0 spiro atoms. The predicted octanol–water partition coefficient (Wildman–Crippen LogP) is 3.45. The minimum atomic E-state index is -0.0866. The van der Waals surface area contributed by atoms with Crippen LogP contribution in [0.25, 0.3) is 5.69 Å². The van der Waals surface area contributed by atoms with Crippen LogP contribution < -0.4 is 5.32 Å². The van der Waals surface area contributed by atoms with Gasteiger partial charge in [0.15, 0.2) is 11.0 Å². The van der Waals surface area contributed by atoms with Gasteiger partial charge in [-0.3, -0.25) is 9.36 Å². The molecule has 0 aliphatic carbocycles. The van der Waals surface area contributed by atoms with Crippen LogP contribution in [-0.4, -0.2) is 33.5 Å². The van der Waals surface area contributed by atoms with Crippen molar-refractivity contribution in [2.45, 2.75) is 18.7 Å². The molecule has 26 heavy (non-hydrogen) atoms. The number of aromatic nitrogens is 3. The predicted molar refractivity (Wildman–Crippen MR) is 103 cm³/mol. The first-order chi connectivity index (χ1) is 12.7. The van der Waals surface area contributed by atoms with Crippen LogP contribution in [-0.2, 0) is 16.1 Å². The highest BCUT2D eigenvalue weighted by molar-refractivity contribution is 7.99. The molecule has 1 heterocycles. The number of hydrogen-bond donors (Lipinski definition) is 1. The van der Waals surface area contributed by atoms with E-state index in [-0.39, 0.29) is 11.7 Å². The Hall–Kier alpha value is -2.64. The maximum absolute atomic E-state index is 12.3. The zero-order valence-electron chi connectivity index (χ0n) is 14.7. The first-order valence-electron chi connectivity index (χ1n) is 8.15. The number of hydrogen-bond acceptors (Lipinski definition) is 5. The minimum Gasteiger partial charge on any atom is -0.377 e. The normalized spacial score (nSPS) is 10.7. The number of ether oxygens (including phenoxy) is 1. The molecular formula is C19H20N4O2S. The Morgan fingerprint density at radius 3 is 2.69 bits per heavy atom. The van der Waals surface area contributed by atoms with Crippen molar-refractivity contribution in [3.8, 4) is 5.69 Å². The molecule has 7 heteroatoms. The van der Waals surface area contributed by atoms with E-state index in [1.54, 1.807) is 7.11 Å². The third-order valence-electron chi connectivity index (χ3n) is 3.62. The van der Waals surface area contributed by atoms with Gasteiger partial charge in [0.2, 0.25) is 5.91 Å². The van der Waals surface area contributed by atoms with E-state index < -0.39 is 0 Å². The van der Waals surface area contributed by atoms with Crippen LogP contribution in [0.5, 0.6) is 0 Å². The summed E-state index contributed by atoms with van der Waals surface area (Å²) >= 11 is 1.34. The number of methoxy groups -OCH3 is 1. The average molecular weight is 368 g/mol. The van der Waals surface area contributed by atoms with E-state index in [0.29, 0.717) is 17.6 Å². The molecule has 0 aliphatic rings. The second kappa shape index (κ2) is 8.64. The van der Waals surface area contributed by atoms with Crippen molar-refractivity contribution in [2.24, 2.45) is 0 Å². The van der Waals surface area contributed by atoms with E-state index in [1.807, 2.05) is 66.1 Å². The fraction of sp³-hybridized carbons (Fsp3) is 0.211. The van der Waals surface area contributed by atoms with Crippen LogP contribution in [0.3, 0.4) is 0 Å². The number of carbonyl (C=O) groups excluding carboxylic acids is 1. The molecule has 134 valence electrons. The molecule has 1 amide bonds. The lowest BCUT2D eigenvalue weighted by atomic mass is 10.2. The van der Waals surface area contributed by atoms with Gasteiger partial charge in [-0.15, -0.1) is 10.2 Å². The highest BCUT2D eigenvalue weighted by atomic mass is 32.2. The Bertz CT molecular complexity index is 880. The molecule has 0 fully saturated rings. The third-order valence-corrected chi connectivity index (χ3v) is 4.55. The lowest BCUT2D eigenvalue weighted by Gasteiger charge is -2.10. The molecule has 0 saturated carbocycles. The molecule has 2 aromatic carbocycles. The summed E-state index contributed by atoms with van der Waals surface area (Å²) in [6.07, 6.45) is 0. The van der Waals surface area contributed by atoms with Crippen molar-refractivity contribution in [1.82, 2.24) is 14.8 Å². The van der Waals surface area contributed by atoms with Crippen LogP contribution in [0.4, 0.5) is 5.69 Å². The Morgan fingerprint density at radius 2 is 1.96 bits per heavy atom. The van der Waals surface area contributed by atoms with Crippen LogP contribution in [0, 0.1) is 6.92 Å². The minimum absolute atomic E-state index is 0.0866. The third kappa shape index (κ3) is 4.50. The molecule has 3 rings (SSSR count). The maximum atomic E-state index is 12.3. The van der Waals surface area contributed by atoms with Gasteiger partial charge in [-0.1, -0.05) is 42.1 Å². The molecule has 0 radical (unpaired) electrons. The molecule has 3 aromatic rings. The number of rotatable bonds is 7. The fourth-order valence-corrected chi connectivity index (χ4v) is 3.27. The van der Waals surface area contributed by atoms with Crippen LogP contribution in [0.15, 0.2) is 59.8 Å². The number of carbonyl (C=O) groups is 1. The van der Waals surface area contributed by atoms with Gasteiger partial charge in [0.1, 0.15) is 6.61 Å². The van der Waals surface area contributed by atoms with Crippen molar-refractivity contribution in [3.05, 3.63) is 66.0 Å². The van der Waals surface area contributed by atoms with E-state index in [4.69, 9.17) is 4.74 Å². The van der Waals surface area contributed by atoms with Crippen molar-refractivity contribution < 1.29 is 9.53 Å². The van der Waals surface area contributed by atoms with Gasteiger partial charge in [-0.05, 0) is 36.8 Å². The Kier molecular flexibility index (Phi) is 6.04. The number of benzene rings is 2. The number of nitrogens with zero attached hydrogens (tertiary/aromatic N) is 3. The van der Waals surface area contributed by atoms with Crippen LogP contribution in [0.1, 0.15) is 11.4 Å². The van der Waals surface area contributed by atoms with E-state index >= 15 is 0 Å². The molecule has 0 saturated heterocycles. The summed E-state index contributed by atoms with van der Waals surface area (Å²) in [5, 5.41) is 12.0. The monoisotopic (exact) mass is 368 g/mol. The first kappa shape index (κ1) is 18.2. The highest BCUT2D eigenvalue weighted by Gasteiger charge is 2.15. The van der Waals surface area contributed by atoms with Gasteiger partial charge in [0, 0.05) is 18.5 Å². The lowest BCUT2D eigenvalue weighted by molar-refractivity contribution is -0.113. The van der Waals surface area contributed by atoms with Crippen molar-refractivity contribution >= 4 is 23.4 Å². The largest absolute Gasteiger partial charge is 0.377 e. The van der Waals surface area contributed by atoms with E-state index in [2.05, 4.69) is 15.5 Å². The van der Waals surface area contributed by atoms with E-state index in [1.165, 1.54) is 11.8 Å². The summed E-state index contributed by atoms with van der Waals surface area (Å²) in [7, 11) is 1.62. The van der Waals surface area contributed by atoms with Crippen molar-refractivity contribution in [1.29, 1.82) is 0 Å². The summed E-state index contributed by atoms with van der Waals surface area (Å²) in [4.78, 5) is 12.3. The first-order valence-corrected chi connectivity index (χ1v) is 9.14. The summed E-state index contributed by atoms with van der Waals surface area (Å²) < 4.78 is 7.12. The van der Waals surface area contributed by atoms with Gasteiger partial charge in [0.05, 0.1) is 5.75 Å². The molecule has 0 bridgehead atoms. The van der Waals surface area contributed by atoms with Gasteiger partial charge >= 0.3 is 0 Å². The molecule has 0 atom stereocenters. The second-order valence-electron chi connectivity index (χ2n) is 5.71. The Labute approximate surface area is 156 Å². The number of amides is 1. The van der Waals surface area contributed by atoms with Crippen molar-refractivity contribution in [2.75, 3.05) is 18.2 Å². The SMILES string of the molecule is COCc1nnc(SCC(=O)Nc2cccc(C)c2)n1-c1ccccc1. The standard InChI is InChI=1S/C19H20N4O2S/c1-14-7-6-8-15(11-14)20-18(24)13-26-19-22-21-17(12-25-2)23(19)16-9-4-3-5-10-16/h3-11H,12-13H2,1-2H3,(H,20,24). The van der Waals surface area contributed by atoms with Crippen LogP contribution in [0.2, 0.25) is 0 Å². The summed E-state index contributed by atoms with van der Waals surface area (Å²) in [6.45, 7) is 2.34. The van der Waals surface area contributed by atoms with E-state index in [9.17, 15) is 4.79 Å². The second-order valence-corrected chi connectivity index (χ2v) is 6.65. The molecule has 1 N–H and O–H groups in total. The average Bonchev–Trinajstić information content (AvgIpc) is 3.04. The smallest absolute Gasteiger partial charge is 0.234 e. The Balaban J connectivity index is 1.72. The number of aryl methyl sites for hydroxylation is 1. The summed E-state index contributed by atoms with van der Waals surface area (Å²) in [5.41, 5.74) is 2.83. The summed E-state index contributed by atoms with van der Waals surface area (Å²) in [5.74, 6) is 0.850. The Morgan fingerprint density at radius 1 is 1.15 bits per heavy atom. The topological polar surface area (TPSA) is 69.0 Å². The summed E-state index contributed by atoms with van der Waals surface area (Å²) in [6, 6.07) is 17.5. The number of para-hydroxylation sites is 1. The van der Waals surface area contributed by atoms with E-state index in [0.717, 1.165) is 16.9 Å². The molecular weight excluding hydrogens is 348 g/mol. The van der Waals surface area contributed by atoms with Gasteiger partial charge in [0.25, 0.3) is 0 Å². The molecule has 1 aromatic heterocycles. The molecule has 0 unspecified atom stereocenters. The van der Waals surface area contributed by atoms with Crippen molar-refractivity contribution in [3.63, 3.8) is 0 Å². The zero-order valence-corrected chi connectivity index (χ0v) is 15.5. The quantitative estimate of drug-likeness (QED) is 0.647. The van der Waals surface area contributed by atoms with Gasteiger partial charge in [-0.25, -0.2) is 0 Å². The highest BCUT2D eigenvalue weighted by Crippen LogP contribution is 2.22. The number of anilines is 1. The maximum Gasteiger partial charge on any atom is 0.234 e. The zero-order chi connectivity index (χ0) is 18.4. The lowest BCUT2D eigenvalue weighted by Crippen LogP contribution is -2.14.